The molecule has 0 unspecified atom stereocenters. The van der Waals surface area contributed by atoms with E-state index in [0.717, 1.165) is 23.0 Å². The molecule has 0 radical (unpaired) electrons. The smallest absolute Gasteiger partial charge is 0.188 e. The lowest BCUT2D eigenvalue weighted by atomic mass is 9.90. The first-order chi connectivity index (χ1) is 11.0. The summed E-state index contributed by atoms with van der Waals surface area (Å²) in [4.78, 5) is 2.14. The van der Waals surface area contributed by atoms with Crippen LogP contribution >= 0.6 is 12.2 Å². The van der Waals surface area contributed by atoms with Gasteiger partial charge in [-0.1, -0.05) is 30.3 Å². The third kappa shape index (κ3) is 2.12. The van der Waals surface area contributed by atoms with Gasteiger partial charge in [-0.15, -0.1) is 0 Å². The Bertz CT molecular complexity index is 804. The molecule has 0 aromatic heterocycles. The molecular weight excluding hydrogens is 304 g/mol. The van der Waals surface area contributed by atoms with Crippen molar-refractivity contribution in [3.05, 3.63) is 59.2 Å². The second-order valence-corrected chi connectivity index (χ2v) is 6.96. The third-order valence-corrected chi connectivity index (χ3v) is 5.30. The molecule has 2 heterocycles. The Morgan fingerprint density at radius 2 is 1.96 bits per heavy atom. The van der Waals surface area contributed by atoms with Crippen LogP contribution in [0.25, 0.3) is 0 Å². The normalized spacial score (nSPS) is 25.4. The number of benzene rings is 2. The minimum Gasteiger partial charge on any atom is -0.467 e. The summed E-state index contributed by atoms with van der Waals surface area (Å²) in [5, 5.41) is 4.23. The van der Waals surface area contributed by atoms with Gasteiger partial charge in [0.05, 0.1) is 11.7 Å². The molecule has 1 fully saturated rings. The fraction of sp³-hybridized carbons (Fsp3) is 0.316. The van der Waals surface area contributed by atoms with Crippen LogP contribution in [0.3, 0.4) is 0 Å². The lowest BCUT2D eigenvalue weighted by Gasteiger charge is -2.52. The van der Waals surface area contributed by atoms with E-state index in [2.05, 4.69) is 55.3 Å². The van der Waals surface area contributed by atoms with E-state index in [4.69, 9.17) is 17.0 Å². The topological polar surface area (TPSA) is 24.5 Å². The quantitative estimate of drug-likeness (QED) is 0.793. The summed E-state index contributed by atoms with van der Waals surface area (Å²) in [6.07, 6.45) is 0.859. The molecule has 4 heteroatoms. The van der Waals surface area contributed by atoms with Crippen molar-refractivity contribution in [1.82, 2.24) is 5.32 Å². The second-order valence-electron chi connectivity index (χ2n) is 6.58. The lowest BCUT2D eigenvalue weighted by molar-refractivity contribution is 0.0497. The molecule has 4 rings (SSSR count). The minimum atomic E-state index is -0.472. The summed E-state index contributed by atoms with van der Waals surface area (Å²) < 4.78 is 6.42. The molecule has 2 bridgehead atoms. The number of para-hydroxylation sites is 1. The highest BCUT2D eigenvalue weighted by atomic mass is 32.1. The monoisotopic (exact) mass is 324 g/mol. The van der Waals surface area contributed by atoms with Crippen LogP contribution in [0.15, 0.2) is 42.5 Å². The first kappa shape index (κ1) is 14.5. The van der Waals surface area contributed by atoms with E-state index in [9.17, 15) is 0 Å². The van der Waals surface area contributed by atoms with Crippen LogP contribution in [0, 0.1) is 13.8 Å². The van der Waals surface area contributed by atoms with E-state index < -0.39 is 5.72 Å². The van der Waals surface area contributed by atoms with Crippen molar-refractivity contribution in [1.29, 1.82) is 0 Å². The van der Waals surface area contributed by atoms with Crippen LogP contribution in [0.1, 0.15) is 36.1 Å². The van der Waals surface area contributed by atoms with E-state index in [1.54, 1.807) is 0 Å². The summed E-state index contributed by atoms with van der Waals surface area (Å²) in [7, 11) is 0. The molecule has 2 aliphatic heterocycles. The number of hydrogen-bond donors (Lipinski definition) is 1. The largest absolute Gasteiger partial charge is 0.467 e. The fourth-order valence-electron chi connectivity index (χ4n) is 3.66. The zero-order valence-corrected chi connectivity index (χ0v) is 14.4. The predicted octanol–water partition coefficient (Wildman–Crippen LogP) is 4.24. The molecule has 2 aromatic rings. The Labute approximate surface area is 142 Å². The summed E-state index contributed by atoms with van der Waals surface area (Å²) in [6, 6.07) is 14.7. The van der Waals surface area contributed by atoms with Crippen molar-refractivity contribution in [2.24, 2.45) is 0 Å². The molecule has 3 nitrogen and oxygen atoms in total. The summed E-state index contributed by atoms with van der Waals surface area (Å²) in [5.41, 5.74) is 4.32. The summed E-state index contributed by atoms with van der Waals surface area (Å²) in [6.45, 7) is 6.39. The van der Waals surface area contributed by atoms with E-state index >= 15 is 0 Å². The van der Waals surface area contributed by atoms with E-state index in [-0.39, 0.29) is 6.04 Å². The van der Waals surface area contributed by atoms with Gasteiger partial charge in [0, 0.05) is 12.0 Å². The van der Waals surface area contributed by atoms with Gasteiger partial charge >= 0.3 is 0 Å². The molecule has 0 amide bonds. The third-order valence-electron chi connectivity index (χ3n) is 5.00. The van der Waals surface area contributed by atoms with Crippen molar-refractivity contribution in [3.8, 4) is 5.75 Å². The van der Waals surface area contributed by atoms with Gasteiger partial charge in [-0.25, -0.2) is 0 Å². The number of ether oxygens (including phenoxy) is 1. The molecule has 1 saturated heterocycles. The van der Waals surface area contributed by atoms with Crippen molar-refractivity contribution in [2.45, 2.75) is 39.0 Å². The summed E-state index contributed by atoms with van der Waals surface area (Å²) in [5.74, 6) is 0.941. The maximum absolute atomic E-state index is 6.42. The van der Waals surface area contributed by atoms with Gasteiger partial charge in [0.25, 0.3) is 0 Å². The van der Waals surface area contributed by atoms with Gasteiger partial charge in [0.1, 0.15) is 5.75 Å². The van der Waals surface area contributed by atoms with Gasteiger partial charge in [0.15, 0.2) is 10.8 Å². The number of anilines is 1. The SMILES string of the molecule is Cc1cccc(N2C(=S)N[C@H]3C[C@@]2(C)Oc2ccccc23)c1C. The minimum absolute atomic E-state index is 0.207. The highest BCUT2D eigenvalue weighted by Crippen LogP contribution is 2.46. The number of nitrogens with zero attached hydrogens (tertiary/aromatic N) is 1. The van der Waals surface area contributed by atoms with Crippen LogP contribution in [-0.4, -0.2) is 10.8 Å². The molecule has 118 valence electrons. The van der Waals surface area contributed by atoms with Gasteiger partial charge in [-0.05, 0) is 56.2 Å². The lowest BCUT2D eigenvalue weighted by Crippen LogP contribution is -2.65. The van der Waals surface area contributed by atoms with Crippen molar-refractivity contribution >= 4 is 23.0 Å². The Morgan fingerprint density at radius 1 is 1.17 bits per heavy atom. The van der Waals surface area contributed by atoms with Gasteiger partial charge < -0.3 is 10.1 Å². The summed E-state index contributed by atoms with van der Waals surface area (Å²) >= 11 is 5.70. The number of nitrogens with one attached hydrogen (secondary N) is 1. The molecule has 1 N–H and O–H groups in total. The Morgan fingerprint density at radius 3 is 2.78 bits per heavy atom. The standard InChI is InChI=1S/C19H20N2OS/c1-12-7-6-9-16(13(12)2)21-18(23)20-15-11-19(21,3)22-17-10-5-4-8-14(15)17/h4-10,15H,11H2,1-3H3,(H,20,23)/t15-,19+/m0/s1. The Balaban J connectivity index is 1.84. The molecule has 2 aliphatic rings. The van der Waals surface area contributed by atoms with Crippen LogP contribution in [0.5, 0.6) is 5.75 Å². The molecule has 0 spiro atoms. The van der Waals surface area contributed by atoms with Gasteiger partial charge in [-0.3, -0.25) is 4.90 Å². The maximum Gasteiger partial charge on any atom is 0.188 e. The van der Waals surface area contributed by atoms with Crippen LogP contribution in [-0.2, 0) is 0 Å². The molecule has 23 heavy (non-hydrogen) atoms. The highest BCUT2D eigenvalue weighted by Gasteiger charge is 2.48. The van der Waals surface area contributed by atoms with E-state index in [1.807, 2.05) is 18.2 Å². The number of thiocarbonyl (C=S) groups is 1. The Kier molecular flexibility index (Phi) is 3.13. The van der Waals surface area contributed by atoms with Crippen LogP contribution in [0.4, 0.5) is 5.69 Å². The molecule has 0 aliphatic carbocycles. The number of fused-ring (bicyclic) bond motifs is 4. The van der Waals surface area contributed by atoms with Crippen LogP contribution < -0.4 is 15.0 Å². The highest BCUT2D eigenvalue weighted by molar-refractivity contribution is 7.80. The molecule has 2 atom stereocenters. The average Bonchev–Trinajstić information content (AvgIpc) is 2.50. The number of rotatable bonds is 1. The Hall–Kier alpha value is -2.07. The average molecular weight is 324 g/mol. The number of aryl methyl sites for hydroxylation is 1. The zero-order chi connectivity index (χ0) is 16.2. The van der Waals surface area contributed by atoms with Gasteiger partial charge in [-0.2, -0.15) is 0 Å². The zero-order valence-electron chi connectivity index (χ0n) is 13.6. The van der Waals surface area contributed by atoms with Crippen molar-refractivity contribution < 1.29 is 4.74 Å². The van der Waals surface area contributed by atoms with Crippen molar-refractivity contribution in [2.75, 3.05) is 4.90 Å². The molecular formula is C19H20N2OS. The maximum atomic E-state index is 6.42. The first-order valence-electron chi connectivity index (χ1n) is 7.94. The second kappa shape index (κ2) is 4.96. The predicted molar refractivity (Wildman–Crippen MR) is 97.0 cm³/mol. The van der Waals surface area contributed by atoms with E-state index in [0.29, 0.717) is 0 Å². The fourth-order valence-corrected chi connectivity index (χ4v) is 4.10. The van der Waals surface area contributed by atoms with E-state index in [1.165, 1.54) is 16.7 Å². The van der Waals surface area contributed by atoms with Crippen molar-refractivity contribution in [3.63, 3.8) is 0 Å². The van der Waals surface area contributed by atoms with Crippen LogP contribution in [0.2, 0.25) is 0 Å². The van der Waals surface area contributed by atoms with Gasteiger partial charge in [0.2, 0.25) is 0 Å². The first-order valence-corrected chi connectivity index (χ1v) is 8.35. The molecule has 0 saturated carbocycles. The molecule has 2 aromatic carbocycles. The number of hydrogen-bond acceptors (Lipinski definition) is 2.